The van der Waals surface area contributed by atoms with Gasteiger partial charge in [0.2, 0.25) is 6.10 Å². The van der Waals surface area contributed by atoms with Crippen LogP contribution in [-0.2, 0) is 0 Å². The molecular weight excluding hydrogens is 282 g/mol. The number of fused-ring (bicyclic) bond motifs is 2. The number of nitrogens with zero attached hydrogens (tertiary/aromatic N) is 2. The molecule has 1 aromatic heterocycles. The zero-order chi connectivity index (χ0) is 15.1. The first-order valence-corrected chi connectivity index (χ1v) is 6.90. The number of nitrogens with two attached hydrogens (primary N) is 1. The summed E-state index contributed by atoms with van der Waals surface area (Å²) < 4.78 is 12.6. The lowest BCUT2D eigenvalue weighted by atomic mass is 10.2. The molecule has 4 rings (SSSR count). The molecule has 0 bridgehead atoms. The van der Waals surface area contributed by atoms with E-state index < -0.39 is 6.10 Å². The van der Waals surface area contributed by atoms with Crippen LogP contribution in [-0.4, -0.2) is 28.4 Å². The molecule has 6 heteroatoms. The Balaban J connectivity index is 1.70. The van der Waals surface area contributed by atoms with Gasteiger partial charge in [-0.25, -0.2) is 0 Å². The van der Waals surface area contributed by atoms with Crippen LogP contribution in [0.2, 0.25) is 0 Å². The van der Waals surface area contributed by atoms with Crippen LogP contribution in [0.25, 0.3) is 10.9 Å². The van der Waals surface area contributed by atoms with Gasteiger partial charge in [0.05, 0.1) is 5.52 Å². The molecule has 0 spiro atoms. The lowest BCUT2D eigenvalue weighted by Crippen LogP contribution is -2.40. The van der Waals surface area contributed by atoms with Crippen LogP contribution in [0.3, 0.4) is 0 Å². The van der Waals surface area contributed by atoms with E-state index in [0.29, 0.717) is 22.8 Å². The molecule has 0 saturated carbocycles. The number of anilines is 1. The summed E-state index contributed by atoms with van der Waals surface area (Å²) in [7, 11) is 0. The standard InChI is InChI=1S/C16H13N3O3/c17-15-10-5-1-2-6-11(10)19(18-15)16(20)14-9-21-12-7-3-4-8-13(12)22-14/h1-8,14H,9H2,(H2,17,18). The first-order chi connectivity index (χ1) is 10.7. The van der Waals surface area contributed by atoms with E-state index in [-0.39, 0.29) is 12.5 Å². The van der Waals surface area contributed by atoms with Crippen molar-refractivity contribution in [3.05, 3.63) is 48.5 Å². The van der Waals surface area contributed by atoms with Crippen molar-refractivity contribution in [1.29, 1.82) is 0 Å². The highest BCUT2D eigenvalue weighted by Crippen LogP contribution is 2.31. The molecule has 1 aliphatic rings. The second-order valence-corrected chi connectivity index (χ2v) is 5.02. The minimum atomic E-state index is -0.752. The van der Waals surface area contributed by atoms with Gasteiger partial charge in [0, 0.05) is 5.39 Å². The van der Waals surface area contributed by atoms with Gasteiger partial charge in [0.25, 0.3) is 5.91 Å². The second kappa shape index (κ2) is 4.77. The fourth-order valence-electron chi connectivity index (χ4n) is 2.54. The fraction of sp³-hybridized carbons (Fsp3) is 0.125. The second-order valence-electron chi connectivity index (χ2n) is 5.02. The molecule has 0 fully saturated rings. The van der Waals surface area contributed by atoms with Crippen LogP contribution in [0.15, 0.2) is 48.5 Å². The zero-order valence-electron chi connectivity index (χ0n) is 11.6. The Morgan fingerprint density at radius 1 is 1.14 bits per heavy atom. The molecule has 1 aliphatic heterocycles. The smallest absolute Gasteiger partial charge is 0.292 e. The van der Waals surface area contributed by atoms with Gasteiger partial charge in [-0.15, -0.1) is 5.10 Å². The minimum Gasteiger partial charge on any atom is -0.485 e. The first-order valence-electron chi connectivity index (χ1n) is 6.90. The van der Waals surface area contributed by atoms with Gasteiger partial charge < -0.3 is 15.2 Å². The van der Waals surface area contributed by atoms with Crippen LogP contribution < -0.4 is 15.2 Å². The number of hydrogen-bond donors (Lipinski definition) is 1. The Labute approximate surface area is 126 Å². The Morgan fingerprint density at radius 2 is 1.86 bits per heavy atom. The average Bonchev–Trinajstić information content (AvgIpc) is 2.91. The van der Waals surface area contributed by atoms with E-state index in [9.17, 15) is 4.79 Å². The number of benzene rings is 2. The predicted octanol–water partition coefficient (Wildman–Crippen LogP) is 2.10. The fourth-order valence-corrected chi connectivity index (χ4v) is 2.54. The zero-order valence-corrected chi connectivity index (χ0v) is 11.6. The molecule has 6 nitrogen and oxygen atoms in total. The van der Waals surface area contributed by atoms with E-state index in [2.05, 4.69) is 5.10 Å². The van der Waals surface area contributed by atoms with Crippen molar-refractivity contribution in [2.75, 3.05) is 12.3 Å². The van der Waals surface area contributed by atoms with Crippen molar-refractivity contribution < 1.29 is 14.3 Å². The monoisotopic (exact) mass is 295 g/mol. The van der Waals surface area contributed by atoms with Gasteiger partial charge in [-0.2, -0.15) is 4.68 Å². The van der Waals surface area contributed by atoms with E-state index in [4.69, 9.17) is 15.2 Å². The number of ether oxygens (including phenoxy) is 2. The average molecular weight is 295 g/mol. The normalized spacial score (nSPS) is 16.6. The highest BCUT2D eigenvalue weighted by Gasteiger charge is 2.30. The summed E-state index contributed by atoms with van der Waals surface area (Å²) in [6.07, 6.45) is -0.752. The van der Waals surface area contributed by atoms with Crippen LogP contribution in [0.1, 0.15) is 4.79 Å². The summed E-state index contributed by atoms with van der Waals surface area (Å²) in [6, 6.07) is 14.6. The number of aromatic nitrogens is 2. The molecule has 2 aromatic carbocycles. The Bertz CT molecular complexity index is 872. The molecule has 0 radical (unpaired) electrons. The van der Waals surface area contributed by atoms with Crippen molar-refractivity contribution in [3.63, 3.8) is 0 Å². The van der Waals surface area contributed by atoms with Gasteiger partial charge in [-0.05, 0) is 24.3 Å². The lowest BCUT2D eigenvalue weighted by molar-refractivity contribution is 0.0491. The molecule has 2 heterocycles. The number of carbonyl (C=O) groups excluding carboxylic acids is 1. The largest absolute Gasteiger partial charge is 0.485 e. The summed E-state index contributed by atoms with van der Waals surface area (Å²) >= 11 is 0. The molecule has 2 N–H and O–H groups in total. The third-order valence-electron chi connectivity index (χ3n) is 3.61. The number of carbonyl (C=O) groups is 1. The molecule has 1 atom stereocenters. The quantitative estimate of drug-likeness (QED) is 0.743. The van der Waals surface area contributed by atoms with Crippen molar-refractivity contribution >= 4 is 22.6 Å². The first kappa shape index (κ1) is 12.7. The third kappa shape index (κ3) is 1.88. The van der Waals surface area contributed by atoms with Crippen molar-refractivity contribution in [1.82, 2.24) is 9.78 Å². The van der Waals surface area contributed by atoms with Gasteiger partial charge in [-0.3, -0.25) is 4.79 Å². The summed E-state index contributed by atoms with van der Waals surface area (Å²) in [6.45, 7) is 0.143. The lowest BCUT2D eigenvalue weighted by Gasteiger charge is -2.25. The molecule has 22 heavy (non-hydrogen) atoms. The van der Waals surface area contributed by atoms with Crippen molar-refractivity contribution in [2.45, 2.75) is 6.10 Å². The maximum absolute atomic E-state index is 12.7. The SMILES string of the molecule is Nc1nn(C(=O)C2COc3ccccc3O2)c2ccccc12. The summed E-state index contributed by atoms with van der Waals surface area (Å²) in [4.78, 5) is 12.7. The topological polar surface area (TPSA) is 79.4 Å². The van der Waals surface area contributed by atoms with Crippen LogP contribution in [0.5, 0.6) is 11.5 Å². The molecule has 1 unspecified atom stereocenters. The van der Waals surface area contributed by atoms with E-state index >= 15 is 0 Å². The van der Waals surface area contributed by atoms with Gasteiger partial charge in [0.1, 0.15) is 6.61 Å². The van der Waals surface area contributed by atoms with E-state index in [1.807, 2.05) is 30.3 Å². The van der Waals surface area contributed by atoms with E-state index in [1.54, 1.807) is 18.2 Å². The molecule has 110 valence electrons. The number of rotatable bonds is 1. The number of nitrogen functional groups attached to an aromatic ring is 1. The highest BCUT2D eigenvalue weighted by molar-refractivity contribution is 5.98. The third-order valence-corrected chi connectivity index (χ3v) is 3.61. The maximum Gasteiger partial charge on any atom is 0.292 e. The van der Waals surface area contributed by atoms with Crippen LogP contribution in [0.4, 0.5) is 5.82 Å². The number of hydrogen-bond acceptors (Lipinski definition) is 5. The molecule has 0 amide bonds. The number of para-hydroxylation sites is 3. The minimum absolute atomic E-state index is 0.143. The van der Waals surface area contributed by atoms with Crippen LogP contribution in [0, 0.1) is 0 Å². The summed E-state index contributed by atoms with van der Waals surface area (Å²) in [5.74, 6) is 1.21. The maximum atomic E-state index is 12.7. The van der Waals surface area contributed by atoms with E-state index in [1.165, 1.54) is 4.68 Å². The van der Waals surface area contributed by atoms with Crippen molar-refractivity contribution in [2.24, 2.45) is 0 Å². The Kier molecular flexibility index (Phi) is 2.75. The van der Waals surface area contributed by atoms with E-state index in [0.717, 1.165) is 5.39 Å². The Hall–Kier alpha value is -3.02. The van der Waals surface area contributed by atoms with Gasteiger partial charge in [-0.1, -0.05) is 24.3 Å². The molecule has 3 aromatic rings. The van der Waals surface area contributed by atoms with Crippen molar-refractivity contribution in [3.8, 4) is 11.5 Å². The van der Waals surface area contributed by atoms with Gasteiger partial charge >= 0.3 is 0 Å². The summed E-state index contributed by atoms with van der Waals surface area (Å²) in [5.41, 5.74) is 6.52. The Morgan fingerprint density at radius 3 is 2.73 bits per heavy atom. The molecular formula is C16H13N3O3. The molecule has 0 saturated heterocycles. The molecule has 0 aliphatic carbocycles. The highest BCUT2D eigenvalue weighted by atomic mass is 16.6. The van der Waals surface area contributed by atoms with Gasteiger partial charge in [0.15, 0.2) is 17.3 Å². The summed E-state index contributed by atoms with van der Waals surface area (Å²) in [5, 5.41) is 4.87. The predicted molar refractivity (Wildman–Crippen MR) is 81.1 cm³/mol. The van der Waals surface area contributed by atoms with Crippen LogP contribution >= 0.6 is 0 Å².